The van der Waals surface area contributed by atoms with E-state index in [4.69, 9.17) is 5.26 Å². The third kappa shape index (κ3) is 3.79. The quantitative estimate of drug-likeness (QED) is 0.616. The summed E-state index contributed by atoms with van der Waals surface area (Å²) in [5, 5.41) is 11.7. The van der Waals surface area contributed by atoms with Crippen LogP contribution in [0.3, 0.4) is 0 Å². The van der Waals surface area contributed by atoms with Gasteiger partial charge in [-0.2, -0.15) is 22.7 Å². The molecule has 0 spiro atoms. The molecule has 5 fully saturated rings. The summed E-state index contributed by atoms with van der Waals surface area (Å²) in [4.78, 5) is 28.0. The monoisotopic (exact) mass is 530 g/mol. The van der Waals surface area contributed by atoms with Gasteiger partial charge in [0.05, 0.1) is 22.4 Å². The standard InChI is InChI=1S/C25H21F3N4O4S/c26-25(27,28)16-6-4-13(5-7-16)10-30-23(33)22-20-18-19(20)21(18)32(22)24(34)15-2-1-3-17(8-15)37(35,36)31-11-14(9-29)12-31/h1-8,14,18-22H,10-12H2,(H,30,33)/t18-,19?,20?,21?,22+/m0/s1. The maximum atomic E-state index is 13.4. The molecule has 7 rings (SSSR count). The topological polar surface area (TPSA) is 111 Å². The van der Waals surface area contributed by atoms with Crippen LogP contribution in [0.2, 0.25) is 0 Å². The van der Waals surface area contributed by atoms with Crippen LogP contribution in [0, 0.1) is 35.0 Å². The first kappa shape index (κ1) is 23.9. The third-order valence-electron chi connectivity index (χ3n) is 7.83. The second kappa shape index (κ2) is 8.03. The van der Waals surface area contributed by atoms with E-state index >= 15 is 0 Å². The van der Waals surface area contributed by atoms with E-state index in [1.54, 1.807) is 0 Å². The fourth-order valence-corrected chi connectivity index (χ4v) is 7.25. The Bertz CT molecular complexity index is 1440. The zero-order chi connectivity index (χ0) is 26.3. The largest absolute Gasteiger partial charge is 0.416 e. The van der Waals surface area contributed by atoms with E-state index in [2.05, 4.69) is 5.32 Å². The summed E-state index contributed by atoms with van der Waals surface area (Å²) in [5.74, 6) is -0.568. The average Bonchev–Trinajstić information content (AvgIpc) is 3.67. The van der Waals surface area contributed by atoms with Crippen LogP contribution in [0.15, 0.2) is 53.4 Å². The highest BCUT2D eigenvalue weighted by Crippen LogP contribution is 2.78. The first-order valence-electron chi connectivity index (χ1n) is 11.8. The van der Waals surface area contributed by atoms with E-state index in [9.17, 15) is 31.2 Å². The molecular formula is C25H21F3N4O4S. The summed E-state index contributed by atoms with van der Waals surface area (Å²) in [6, 6.07) is 11.5. The number of rotatable bonds is 6. The fraction of sp³-hybridized carbons (Fsp3) is 0.400. The number of hydrogen-bond donors (Lipinski definition) is 1. The van der Waals surface area contributed by atoms with E-state index in [-0.39, 0.29) is 65.7 Å². The highest BCUT2D eigenvalue weighted by Gasteiger charge is 2.86. The molecule has 2 aromatic rings. The van der Waals surface area contributed by atoms with E-state index < -0.39 is 33.7 Å². The normalized spacial score (nSPS) is 28.2. The minimum absolute atomic E-state index is 0.0233. The van der Waals surface area contributed by atoms with Crippen molar-refractivity contribution in [1.82, 2.24) is 14.5 Å². The molecule has 2 aromatic carbocycles. The molecule has 0 aromatic heterocycles. The Morgan fingerprint density at radius 2 is 1.73 bits per heavy atom. The van der Waals surface area contributed by atoms with Crippen LogP contribution in [0.4, 0.5) is 13.2 Å². The van der Waals surface area contributed by atoms with Gasteiger partial charge in [-0.25, -0.2) is 8.42 Å². The number of sulfonamides is 1. The second-order valence-corrected chi connectivity index (χ2v) is 11.9. The summed E-state index contributed by atoms with van der Waals surface area (Å²) in [6.45, 7) is 0.240. The molecule has 0 radical (unpaired) electrons. The number of carbonyl (C=O) groups is 2. The van der Waals surface area contributed by atoms with Gasteiger partial charge in [-0.05, 0) is 53.6 Å². The van der Waals surface area contributed by atoms with Gasteiger partial charge in [-0.1, -0.05) is 18.2 Å². The number of halogens is 3. The number of nitrogens with zero attached hydrogens (tertiary/aromatic N) is 3. The molecule has 3 saturated heterocycles. The van der Waals surface area contributed by atoms with Gasteiger partial charge in [0.25, 0.3) is 5.91 Å². The van der Waals surface area contributed by atoms with Crippen molar-refractivity contribution in [1.29, 1.82) is 5.26 Å². The van der Waals surface area contributed by atoms with Crippen LogP contribution in [-0.4, -0.2) is 54.6 Å². The van der Waals surface area contributed by atoms with E-state index in [0.29, 0.717) is 5.56 Å². The zero-order valence-corrected chi connectivity index (χ0v) is 20.0. The number of nitrogens with one attached hydrogen (secondary N) is 1. The van der Waals surface area contributed by atoms with Gasteiger partial charge in [0.2, 0.25) is 15.9 Å². The number of hydrogen-bond acceptors (Lipinski definition) is 5. The summed E-state index contributed by atoms with van der Waals surface area (Å²) < 4.78 is 65.3. The fourth-order valence-electron chi connectivity index (χ4n) is 5.67. The molecule has 2 bridgehead atoms. The number of fused-ring (bicyclic) bond motifs is 1. The molecule has 2 amide bonds. The lowest BCUT2D eigenvalue weighted by atomic mass is 10.1. The lowest BCUT2D eigenvalue weighted by molar-refractivity contribution is -0.137. The smallest absolute Gasteiger partial charge is 0.350 e. The van der Waals surface area contributed by atoms with Crippen molar-refractivity contribution >= 4 is 21.8 Å². The molecule has 5 aliphatic rings. The van der Waals surface area contributed by atoms with Crippen LogP contribution < -0.4 is 5.32 Å². The van der Waals surface area contributed by atoms with Gasteiger partial charge in [-0.15, -0.1) is 0 Å². The second-order valence-electron chi connectivity index (χ2n) is 9.97. The number of carbonyl (C=O) groups excluding carboxylic acids is 2. The first-order valence-corrected chi connectivity index (χ1v) is 13.2. The van der Waals surface area contributed by atoms with Crippen LogP contribution in [-0.2, 0) is 27.5 Å². The highest BCUT2D eigenvalue weighted by atomic mass is 32.2. The Balaban J connectivity index is 1.15. The van der Waals surface area contributed by atoms with Crippen molar-refractivity contribution in [2.45, 2.75) is 29.7 Å². The van der Waals surface area contributed by atoms with Crippen molar-refractivity contribution in [3.05, 3.63) is 65.2 Å². The average molecular weight is 531 g/mol. The number of piperidine rings is 1. The van der Waals surface area contributed by atoms with Crippen LogP contribution in [0.25, 0.3) is 0 Å². The molecule has 3 heterocycles. The molecule has 37 heavy (non-hydrogen) atoms. The SMILES string of the molecule is N#CC1CN(S(=O)(=O)c2cccc(C(=O)N3C4C5C([C@H]54)[C@@H]3C(=O)NCc3ccc(C(F)(F)F)cc3)c2)C1. The molecule has 12 heteroatoms. The summed E-state index contributed by atoms with van der Waals surface area (Å²) in [7, 11) is -3.84. The van der Waals surface area contributed by atoms with Crippen molar-refractivity contribution in [3.63, 3.8) is 0 Å². The van der Waals surface area contributed by atoms with E-state index in [0.717, 1.165) is 12.1 Å². The van der Waals surface area contributed by atoms with E-state index in [1.165, 1.54) is 45.6 Å². The predicted molar refractivity (Wildman–Crippen MR) is 122 cm³/mol. The molecule has 3 aliphatic heterocycles. The van der Waals surface area contributed by atoms with Gasteiger partial charge in [0.15, 0.2) is 0 Å². The third-order valence-corrected chi connectivity index (χ3v) is 9.65. The van der Waals surface area contributed by atoms with Gasteiger partial charge < -0.3 is 10.2 Å². The van der Waals surface area contributed by atoms with Crippen molar-refractivity contribution in [2.75, 3.05) is 13.1 Å². The van der Waals surface area contributed by atoms with Crippen molar-refractivity contribution in [2.24, 2.45) is 23.7 Å². The van der Waals surface area contributed by atoms with Gasteiger partial charge in [0, 0.05) is 31.2 Å². The minimum atomic E-state index is -4.44. The van der Waals surface area contributed by atoms with Crippen LogP contribution in [0.5, 0.6) is 0 Å². The molecular weight excluding hydrogens is 509 g/mol. The predicted octanol–water partition coefficient (Wildman–Crippen LogP) is 2.23. The van der Waals surface area contributed by atoms with Gasteiger partial charge >= 0.3 is 6.18 Å². The zero-order valence-electron chi connectivity index (χ0n) is 19.2. The Hall–Kier alpha value is -3.43. The lowest BCUT2D eigenvalue weighted by Crippen LogP contribution is -2.49. The summed E-state index contributed by atoms with van der Waals surface area (Å²) >= 11 is 0. The van der Waals surface area contributed by atoms with Gasteiger partial charge in [0.1, 0.15) is 6.04 Å². The maximum absolute atomic E-state index is 13.4. The maximum Gasteiger partial charge on any atom is 0.416 e. The van der Waals surface area contributed by atoms with Crippen LogP contribution >= 0.6 is 0 Å². The van der Waals surface area contributed by atoms with E-state index in [1.807, 2.05) is 6.07 Å². The molecule has 3 unspecified atom stereocenters. The van der Waals surface area contributed by atoms with Crippen LogP contribution in [0.1, 0.15) is 21.5 Å². The van der Waals surface area contributed by atoms with Gasteiger partial charge in [-0.3, -0.25) is 9.59 Å². The lowest BCUT2D eigenvalue weighted by Gasteiger charge is -2.34. The molecule has 2 saturated carbocycles. The molecule has 2 aliphatic carbocycles. The number of alkyl halides is 3. The summed E-state index contributed by atoms with van der Waals surface area (Å²) in [6.07, 6.45) is -4.44. The number of benzene rings is 2. The Morgan fingerprint density at radius 3 is 2.35 bits per heavy atom. The number of nitriles is 1. The number of amides is 2. The molecule has 192 valence electrons. The molecule has 8 nitrogen and oxygen atoms in total. The molecule has 1 N–H and O–H groups in total. The Kier molecular flexibility index (Phi) is 5.20. The minimum Gasteiger partial charge on any atom is -0.350 e. The van der Waals surface area contributed by atoms with Crippen molar-refractivity contribution in [3.8, 4) is 6.07 Å². The molecule has 5 atom stereocenters. The van der Waals surface area contributed by atoms with Crippen molar-refractivity contribution < 1.29 is 31.2 Å². The highest BCUT2D eigenvalue weighted by molar-refractivity contribution is 7.89. The Labute approximate surface area is 210 Å². The summed E-state index contributed by atoms with van der Waals surface area (Å²) in [5.41, 5.74) is -0.117. The Morgan fingerprint density at radius 1 is 1.05 bits per heavy atom. The first-order chi connectivity index (χ1) is 17.5.